The number of anilines is 1. The normalized spacial score (nSPS) is 24.1. The third-order valence-corrected chi connectivity index (χ3v) is 8.77. The maximum atomic E-state index is 13.9. The number of hydrogen-bond donors (Lipinski definition) is 2. The molecule has 0 saturated heterocycles. The first kappa shape index (κ1) is 20.9. The van der Waals surface area contributed by atoms with Crippen molar-refractivity contribution >= 4 is 27.6 Å². The summed E-state index contributed by atoms with van der Waals surface area (Å²) >= 11 is 0. The summed E-state index contributed by atoms with van der Waals surface area (Å²) in [5.74, 6) is 6.05. The van der Waals surface area contributed by atoms with Gasteiger partial charge in [0, 0.05) is 24.3 Å². The molecule has 188 valence electrons. The number of carbonyl (C=O) groups is 1. The van der Waals surface area contributed by atoms with Crippen molar-refractivity contribution in [2.24, 2.45) is 12.0 Å². The number of aromatic nitrogens is 2. The molecule has 1 amide bonds. The molecule has 1 aromatic carbocycles. The van der Waals surface area contributed by atoms with Crippen LogP contribution in [0.1, 0.15) is 51.3 Å². The quantitative estimate of drug-likeness (QED) is 0.566. The zero-order chi connectivity index (χ0) is 27.1. The summed E-state index contributed by atoms with van der Waals surface area (Å²) in [6, 6.07) is 3.95. The Kier molecular flexibility index (Phi) is 4.59. The summed E-state index contributed by atoms with van der Waals surface area (Å²) in [6.45, 7) is -0.222. The molecule has 2 N–H and O–H groups in total. The molecule has 10 nitrogen and oxygen atoms in total. The van der Waals surface area contributed by atoms with Crippen LogP contribution in [0.15, 0.2) is 40.5 Å². The van der Waals surface area contributed by atoms with Crippen molar-refractivity contribution in [2.45, 2.75) is 61.1 Å². The summed E-state index contributed by atoms with van der Waals surface area (Å²) in [5.41, 5.74) is -0.0136. The summed E-state index contributed by atoms with van der Waals surface area (Å²) in [6.07, 6.45) is 6.24. The van der Waals surface area contributed by atoms with E-state index in [1.54, 1.807) is 18.0 Å². The van der Waals surface area contributed by atoms with Crippen molar-refractivity contribution in [3.05, 3.63) is 41.7 Å². The van der Waals surface area contributed by atoms with E-state index in [2.05, 4.69) is 32.0 Å². The van der Waals surface area contributed by atoms with E-state index in [1.807, 2.05) is 14.0 Å². The van der Waals surface area contributed by atoms with E-state index in [1.165, 1.54) is 29.2 Å². The van der Waals surface area contributed by atoms with Crippen molar-refractivity contribution < 1.29 is 16.0 Å². The Morgan fingerprint density at radius 1 is 1.28 bits per heavy atom. The topological polar surface area (TPSA) is 112 Å². The smallest absolute Gasteiger partial charge is 0.263 e. The average molecular weight is 510 g/mol. The summed E-state index contributed by atoms with van der Waals surface area (Å²) < 4.78 is 48.3. The zero-order valence-electron chi connectivity index (χ0n) is 22.4. The number of guanidine groups is 1. The molecule has 0 spiro atoms. The van der Waals surface area contributed by atoms with Crippen LogP contribution < -0.4 is 14.9 Å². The number of hydrogen-bond acceptors (Lipinski definition) is 7. The molecule has 2 fully saturated rings. The number of sulfonamides is 1. The van der Waals surface area contributed by atoms with Crippen LogP contribution in [0.4, 0.5) is 5.69 Å². The van der Waals surface area contributed by atoms with Crippen LogP contribution in [0.2, 0.25) is 0 Å². The van der Waals surface area contributed by atoms with E-state index < -0.39 is 34.0 Å². The van der Waals surface area contributed by atoms with Gasteiger partial charge in [-0.2, -0.15) is 5.10 Å². The van der Waals surface area contributed by atoms with Crippen molar-refractivity contribution in [1.29, 1.82) is 0 Å². The van der Waals surface area contributed by atoms with Gasteiger partial charge in [-0.15, -0.1) is 0 Å². The van der Waals surface area contributed by atoms with Gasteiger partial charge in [-0.1, -0.05) is 11.8 Å². The fourth-order valence-electron chi connectivity index (χ4n) is 4.47. The Bertz CT molecular complexity index is 1550. The second kappa shape index (κ2) is 7.90. The predicted molar refractivity (Wildman–Crippen MR) is 135 cm³/mol. The first-order valence-electron chi connectivity index (χ1n) is 13.0. The minimum atomic E-state index is -3.89. The minimum absolute atomic E-state index is 0.0473. The van der Waals surface area contributed by atoms with Gasteiger partial charge in [-0.05, 0) is 57.9 Å². The summed E-state index contributed by atoms with van der Waals surface area (Å²) in [5, 5.41) is 7.32. The van der Waals surface area contributed by atoms with Crippen LogP contribution in [-0.4, -0.2) is 65.7 Å². The Labute approximate surface area is 213 Å². The van der Waals surface area contributed by atoms with Crippen LogP contribution in [-0.2, 0) is 23.6 Å². The fraction of sp³-hybridized carbons (Fsp3) is 0.480. The van der Waals surface area contributed by atoms with Gasteiger partial charge in [-0.25, -0.2) is 18.1 Å². The van der Waals surface area contributed by atoms with E-state index in [0.717, 1.165) is 30.6 Å². The van der Waals surface area contributed by atoms with Crippen LogP contribution in [0.3, 0.4) is 0 Å². The highest BCUT2D eigenvalue weighted by Crippen LogP contribution is 2.39. The summed E-state index contributed by atoms with van der Waals surface area (Å²) in [4.78, 5) is 21.2. The standard InChI is InChI=1S/C25H29N7O3S/c1-24(8-9-24)29-36(34,35)19-4-5-21-20(12-19)22(33)31(16-17-13-28-30(3)15-17)23-27-14-18(32(21)23)6-7-25(26-2)10-11-25/h4-5,12-13,15,18,26,29H,8-11,14,16H2,1-3H3/i16D2. The van der Waals surface area contributed by atoms with Crippen LogP contribution in [0.5, 0.6) is 0 Å². The molecular weight excluding hydrogens is 478 g/mol. The van der Waals surface area contributed by atoms with Crippen LogP contribution >= 0.6 is 0 Å². The number of rotatable bonds is 6. The summed E-state index contributed by atoms with van der Waals surface area (Å²) in [7, 11) is -0.352. The average Bonchev–Trinajstić information content (AvgIpc) is 3.70. The number of nitrogens with one attached hydrogen (secondary N) is 2. The molecule has 2 aliphatic carbocycles. The molecule has 11 heteroatoms. The Hall–Kier alpha value is -3.20. The van der Waals surface area contributed by atoms with Gasteiger partial charge in [0.1, 0.15) is 6.04 Å². The largest absolute Gasteiger partial charge is 0.304 e. The maximum Gasteiger partial charge on any atom is 0.263 e. The molecular formula is C25H29N7O3S. The molecule has 1 unspecified atom stereocenters. The molecule has 36 heavy (non-hydrogen) atoms. The molecule has 4 aliphatic rings. The number of amides is 1. The first-order chi connectivity index (χ1) is 17.9. The van der Waals surface area contributed by atoms with E-state index >= 15 is 0 Å². The van der Waals surface area contributed by atoms with Gasteiger partial charge in [0.15, 0.2) is 0 Å². The van der Waals surface area contributed by atoms with Gasteiger partial charge in [0.25, 0.3) is 5.91 Å². The zero-order valence-corrected chi connectivity index (χ0v) is 21.2. The predicted octanol–water partition coefficient (Wildman–Crippen LogP) is 1.21. The van der Waals surface area contributed by atoms with Gasteiger partial charge >= 0.3 is 0 Å². The lowest BCUT2D eigenvalue weighted by atomic mass is 10.1. The van der Waals surface area contributed by atoms with E-state index in [9.17, 15) is 13.2 Å². The first-order valence-corrected chi connectivity index (χ1v) is 13.4. The number of carbonyl (C=O) groups excluding carboxylic acids is 1. The molecule has 3 heterocycles. The van der Waals surface area contributed by atoms with Gasteiger partial charge in [0.05, 0.1) is 43.7 Å². The lowest BCUT2D eigenvalue weighted by Gasteiger charge is -2.37. The molecule has 0 bridgehead atoms. The Morgan fingerprint density at radius 2 is 2.06 bits per heavy atom. The highest BCUT2D eigenvalue weighted by atomic mass is 32.2. The second-order valence-corrected chi connectivity index (χ2v) is 11.8. The van der Waals surface area contributed by atoms with E-state index in [0.29, 0.717) is 5.69 Å². The SMILES string of the molecule is [2H]C([2H])(c1cnn(C)c1)N1C(=O)c2cc(S(=O)(=O)NC3(C)CC3)ccc2N2C1=NCC2C#CC1(NC)CC1. The number of aryl methyl sites for hydroxylation is 1. The number of fused-ring (bicyclic) bond motifs is 3. The minimum Gasteiger partial charge on any atom is -0.304 e. The third kappa shape index (κ3) is 3.99. The van der Waals surface area contributed by atoms with Crippen molar-refractivity contribution in [1.82, 2.24) is 24.7 Å². The third-order valence-electron chi connectivity index (χ3n) is 7.14. The van der Waals surface area contributed by atoms with E-state index in [-0.39, 0.29) is 34.1 Å². The molecule has 2 aromatic rings. The second-order valence-electron chi connectivity index (χ2n) is 10.1. The molecule has 1 aromatic heterocycles. The number of benzene rings is 1. The molecule has 2 saturated carbocycles. The number of aliphatic imine (C=N–C) groups is 1. The Balaban J connectivity index is 1.46. The molecule has 0 radical (unpaired) electrons. The number of nitrogens with zero attached hydrogens (tertiary/aromatic N) is 5. The monoisotopic (exact) mass is 509 g/mol. The Morgan fingerprint density at radius 3 is 2.69 bits per heavy atom. The lowest BCUT2D eigenvalue weighted by Crippen LogP contribution is -2.52. The van der Waals surface area contributed by atoms with Crippen molar-refractivity contribution in [2.75, 3.05) is 18.5 Å². The lowest BCUT2D eigenvalue weighted by molar-refractivity contribution is 0.0833. The molecule has 2 aliphatic heterocycles. The fourth-order valence-corrected chi connectivity index (χ4v) is 5.96. The van der Waals surface area contributed by atoms with E-state index in [4.69, 9.17) is 2.74 Å². The van der Waals surface area contributed by atoms with Crippen molar-refractivity contribution in [3.8, 4) is 11.8 Å². The molecule has 6 rings (SSSR count). The molecule has 1 atom stereocenters. The van der Waals surface area contributed by atoms with Crippen LogP contribution in [0.25, 0.3) is 0 Å². The van der Waals surface area contributed by atoms with Crippen LogP contribution in [0, 0.1) is 11.8 Å². The highest BCUT2D eigenvalue weighted by molar-refractivity contribution is 7.89. The maximum absolute atomic E-state index is 13.9. The van der Waals surface area contributed by atoms with Gasteiger partial charge in [0.2, 0.25) is 16.0 Å². The van der Waals surface area contributed by atoms with Gasteiger partial charge < -0.3 is 5.32 Å². The highest BCUT2D eigenvalue weighted by Gasteiger charge is 2.45. The van der Waals surface area contributed by atoms with Gasteiger partial charge in [-0.3, -0.25) is 19.3 Å². The van der Waals surface area contributed by atoms with Crippen molar-refractivity contribution in [3.63, 3.8) is 0 Å².